The zero-order valence-electron chi connectivity index (χ0n) is 10.4. The molecule has 1 aliphatic rings. The summed E-state index contributed by atoms with van der Waals surface area (Å²) in [6, 6.07) is 8.63. The van der Waals surface area contributed by atoms with Crippen molar-refractivity contribution in [2.24, 2.45) is 0 Å². The lowest BCUT2D eigenvalue weighted by molar-refractivity contribution is -0.665. The van der Waals surface area contributed by atoms with Crippen molar-refractivity contribution in [2.75, 3.05) is 19.7 Å². The van der Waals surface area contributed by atoms with E-state index < -0.39 is 16.6 Å². The Morgan fingerprint density at radius 3 is 2.74 bits per heavy atom. The molecule has 1 atom stereocenters. The molecule has 0 N–H and O–H groups in total. The molecule has 0 saturated carbocycles. The van der Waals surface area contributed by atoms with Crippen LogP contribution < -0.4 is 4.74 Å². The Labute approximate surface area is 109 Å². The van der Waals surface area contributed by atoms with Crippen LogP contribution in [-0.2, 0) is 9.53 Å². The highest BCUT2D eigenvalue weighted by Crippen LogP contribution is 2.24. The van der Waals surface area contributed by atoms with Gasteiger partial charge in [-0.15, -0.1) is 5.01 Å². The van der Waals surface area contributed by atoms with Crippen LogP contribution in [0.4, 0.5) is 0 Å². The Hall–Kier alpha value is -2.15. The molecule has 1 aliphatic heterocycles. The number of nitro groups is 1. The number of hydrogen-bond donors (Lipinski definition) is 0. The lowest BCUT2D eigenvalue weighted by Gasteiger charge is -2.36. The molecule has 0 aliphatic carbocycles. The van der Waals surface area contributed by atoms with Gasteiger partial charge in [-0.25, -0.2) is 10.1 Å². The minimum atomic E-state index is -1.62. The maximum atomic E-state index is 11.8. The molecule has 0 aromatic heterocycles. The first-order valence-electron chi connectivity index (χ1n) is 5.82. The van der Waals surface area contributed by atoms with Crippen LogP contribution in [-0.4, -0.2) is 41.3 Å². The van der Waals surface area contributed by atoms with Gasteiger partial charge in [0.05, 0.1) is 6.61 Å². The molecule has 0 bridgehead atoms. The van der Waals surface area contributed by atoms with Crippen molar-refractivity contribution in [3.05, 3.63) is 40.4 Å². The normalized spacial score (nSPS) is 22.9. The molecule has 1 heterocycles. The van der Waals surface area contributed by atoms with Crippen LogP contribution in [0, 0.1) is 10.1 Å². The lowest BCUT2D eigenvalue weighted by atomic mass is 10.1. The fourth-order valence-electron chi connectivity index (χ4n) is 1.85. The molecular formula is C12H14N2O5. The average Bonchev–Trinajstić information content (AvgIpc) is 2.40. The van der Waals surface area contributed by atoms with Crippen LogP contribution in [0.2, 0.25) is 0 Å². The van der Waals surface area contributed by atoms with Gasteiger partial charge in [0, 0.05) is 6.92 Å². The molecule has 1 aromatic rings. The molecule has 0 radical (unpaired) electrons. The summed E-state index contributed by atoms with van der Waals surface area (Å²) < 4.78 is 11.0. The van der Waals surface area contributed by atoms with Gasteiger partial charge in [0.15, 0.2) is 11.6 Å². The first-order chi connectivity index (χ1) is 9.03. The smallest absolute Gasteiger partial charge is 0.293 e. The third-order valence-electron chi connectivity index (χ3n) is 2.87. The topological polar surface area (TPSA) is 81.9 Å². The van der Waals surface area contributed by atoms with Crippen LogP contribution >= 0.6 is 0 Å². The van der Waals surface area contributed by atoms with Gasteiger partial charge in [0.2, 0.25) is 5.78 Å². The number of nitrogens with zero attached hydrogens (tertiary/aromatic N) is 2. The molecule has 7 heteroatoms. The van der Waals surface area contributed by atoms with Crippen molar-refractivity contribution in [2.45, 2.75) is 12.7 Å². The van der Waals surface area contributed by atoms with Crippen molar-refractivity contribution in [3.63, 3.8) is 0 Å². The maximum Gasteiger partial charge on any atom is 0.293 e. The summed E-state index contributed by atoms with van der Waals surface area (Å²) in [6.45, 7) is 1.25. The minimum Gasteiger partial charge on any atom is -0.453 e. The lowest BCUT2D eigenvalue weighted by Crippen LogP contribution is -2.60. The summed E-state index contributed by atoms with van der Waals surface area (Å²) in [5, 5.41) is 11.2. The van der Waals surface area contributed by atoms with Crippen molar-refractivity contribution >= 4 is 5.78 Å². The Balaban J connectivity index is 2.23. The predicted octanol–water partition coefficient (Wildman–Crippen LogP) is 0.875. The van der Waals surface area contributed by atoms with E-state index in [4.69, 9.17) is 9.47 Å². The van der Waals surface area contributed by atoms with Gasteiger partial charge in [-0.3, -0.25) is 4.79 Å². The molecule has 19 heavy (non-hydrogen) atoms. The molecular weight excluding hydrogens is 252 g/mol. The number of Topliss-reactive ketones (excluding diaryl/α,β-unsaturated/α-hetero) is 1. The first kappa shape index (κ1) is 13.3. The summed E-state index contributed by atoms with van der Waals surface area (Å²) >= 11 is 0. The number of carbonyl (C=O) groups excluding carboxylic acids is 1. The zero-order valence-corrected chi connectivity index (χ0v) is 10.4. The SMILES string of the molecule is CC(=O)C1(Oc2ccccc2)CN([N+](=O)[O-])CCO1. The van der Waals surface area contributed by atoms with E-state index in [-0.39, 0.29) is 19.7 Å². The summed E-state index contributed by atoms with van der Waals surface area (Å²) in [7, 11) is 0. The summed E-state index contributed by atoms with van der Waals surface area (Å²) in [5.74, 6) is -1.59. The third-order valence-corrected chi connectivity index (χ3v) is 2.87. The number of carbonyl (C=O) groups is 1. The van der Waals surface area contributed by atoms with E-state index >= 15 is 0 Å². The quantitative estimate of drug-likeness (QED) is 0.594. The summed E-state index contributed by atoms with van der Waals surface area (Å²) in [4.78, 5) is 22.6. The molecule has 7 nitrogen and oxygen atoms in total. The number of hydrazine groups is 1. The van der Waals surface area contributed by atoms with Crippen LogP contribution in [0.3, 0.4) is 0 Å². The van der Waals surface area contributed by atoms with Crippen LogP contribution in [0.5, 0.6) is 5.75 Å². The molecule has 1 saturated heterocycles. The molecule has 1 aromatic carbocycles. The highest BCUT2D eigenvalue weighted by molar-refractivity contribution is 5.84. The molecule has 1 unspecified atom stereocenters. The van der Waals surface area contributed by atoms with Crippen molar-refractivity contribution in [3.8, 4) is 5.75 Å². The zero-order chi connectivity index (χ0) is 13.9. The highest BCUT2D eigenvalue weighted by Gasteiger charge is 2.47. The number of rotatable bonds is 4. The monoisotopic (exact) mass is 266 g/mol. The van der Waals surface area contributed by atoms with Gasteiger partial charge in [-0.05, 0) is 12.1 Å². The fourth-order valence-corrected chi connectivity index (χ4v) is 1.85. The Bertz CT molecular complexity index is 478. The van der Waals surface area contributed by atoms with E-state index in [1.165, 1.54) is 6.92 Å². The number of morpholine rings is 1. The van der Waals surface area contributed by atoms with E-state index in [0.29, 0.717) is 5.75 Å². The molecule has 0 amide bonds. The second-order valence-electron chi connectivity index (χ2n) is 4.20. The minimum absolute atomic E-state index is 0.0629. The van der Waals surface area contributed by atoms with E-state index in [0.717, 1.165) is 5.01 Å². The van der Waals surface area contributed by atoms with Crippen LogP contribution in [0.15, 0.2) is 30.3 Å². The van der Waals surface area contributed by atoms with Crippen LogP contribution in [0.25, 0.3) is 0 Å². The van der Waals surface area contributed by atoms with Gasteiger partial charge in [-0.2, -0.15) is 0 Å². The number of para-hydroxylation sites is 1. The number of benzene rings is 1. The van der Waals surface area contributed by atoms with E-state index in [9.17, 15) is 14.9 Å². The van der Waals surface area contributed by atoms with Crippen molar-refractivity contribution in [1.82, 2.24) is 5.01 Å². The maximum absolute atomic E-state index is 11.8. The predicted molar refractivity (Wildman–Crippen MR) is 65.0 cm³/mol. The average molecular weight is 266 g/mol. The molecule has 1 fully saturated rings. The Morgan fingerprint density at radius 2 is 2.16 bits per heavy atom. The van der Waals surface area contributed by atoms with Gasteiger partial charge < -0.3 is 9.47 Å². The van der Waals surface area contributed by atoms with Gasteiger partial charge in [-0.1, -0.05) is 18.2 Å². The van der Waals surface area contributed by atoms with Crippen molar-refractivity contribution < 1.29 is 19.3 Å². The second-order valence-corrected chi connectivity index (χ2v) is 4.20. The van der Waals surface area contributed by atoms with Crippen LogP contribution in [0.1, 0.15) is 6.92 Å². The van der Waals surface area contributed by atoms with Gasteiger partial charge >= 0.3 is 0 Å². The molecule has 2 rings (SSSR count). The van der Waals surface area contributed by atoms with Crippen molar-refractivity contribution in [1.29, 1.82) is 0 Å². The van der Waals surface area contributed by atoms with E-state index in [2.05, 4.69) is 0 Å². The Morgan fingerprint density at radius 1 is 1.47 bits per heavy atom. The standard InChI is InChI=1S/C12H14N2O5/c1-10(15)12(19-11-5-3-2-4-6-11)9-13(14(16)17)7-8-18-12/h2-6H,7-9H2,1H3. The number of ether oxygens (including phenoxy) is 2. The summed E-state index contributed by atoms with van der Waals surface area (Å²) in [5.41, 5.74) is 0. The van der Waals surface area contributed by atoms with E-state index in [1.54, 1.807) is 30.3 Å². The first-order valence-corrected chi connectivity index (χ1v) is 5.82. The van der Waals surface area contributed by atoms with Gasteiger partial charge in [0.25, 0.3) is 5.79 Å². The molecule has 0 spiro atoms. The van der Waals surface area contributed by atoms with E-state index in [1.807, 2.05) is 0 Å². The second kappa shape index (κ2) is 5.23. The summed E-state index contributed by atoms with van der Waals surface area (Å²) in [6.07, 6.45) is 0. The largest absolute Gasteiger partial charge is 0.453 e. The van der Waals surface area contributed by atoms with Gasteiger partial charge in [0.1, 0.15) is 12.3 Å². The fraction of sp³-hybridized carbons (Fsp3) is 0.417. The number of ketones is 1. The third kappa shape index (κ3) is 2.82. The Kier molecular flexibility index (Phi) is 3.66. The molecule has 102 valence electrons. The number of hydrogen-bond acceptors (Lipinski definition) is 5. The highest BCUT2D eigenvalue weighted by atomic mass is 16.7.